The van der Waals surface area contributed by atoms with E-state index in [-0.39, 0.29) is 5.91 Å². The fraction of sp³-hybridized carbons (Fsp3) is 0.316. The number of benzene rings is 2. The molecule has 116 valence electrons. The minimum atomic E-state index is -0.000116. The highest BCUT2D eigenvalue weighted by Crippen LogP contribution is 2.21. The molecule has 2 aromatic rings. The number of likely N-dealkylation sites (N-methyl/N-ethyl adjacent to an activating group) is 1. The Morgan fingerprint density at radius 2 is 1.64 bits per heavy atom. The molecule has 0 bridgehead atoms. The predicted molar refractivity (Wildman–Crippen MR) is 93.7 cm³/mol. The molecule has 0 atom stereocenters. The van der Waals surface area contributed by atoms with E-state index in [0.717, 1.165) is 22.5 Å². The van der Waals surface area contributed by atoms with Gasteiger partial charge < -0.3 is 10.2 Å². The second-order valence-electron chi connectivity index (χ2n) is 5.96. The lowest BCUT2D eigenvalue weighted by Crippen LogP contribution is -2.30. The Labute approximate surface area is 133 Å². The molecule has 0 heterocycles. The first-order chi connectivity index (χ1) is 10.4. The Morgan fingerprint density at radius 1 is 1.00 bits per heavy atom. The number of hydrogen-bond donors (Lipinski definition) is 1. The van der Waals surface area contributed by atoms with Gasteiger partial charge in [0.2, 0.25) is 5.91 Å². The van der Waals surface area contributed by atoms with Crippen LogP contribution in [-0.4, -0.2) is 19.5 Å². The van der Waals surface area contributed by atoms with Crippen LogP contribution in [0.2, 0.25) is 0 Å². The van der Waals surface area contributed by atoms with Crippen LogP contribution in [-0.2, 0) is 4.79 Å². The summed E-state index contributed by atoms with van der Waals surface area (Å²) >= 11 is 0. The number of anilines is 2. The maximum absolute atomic E-state index is 12.3. The first-order valence-corrected chi connectivity index (χ1v) is 7.53. The summed E-state index contributed by atoms with van der Waals surface area (Å²) in [4.78, 5) is 14.3. The zero-order chi connectivity index (χ0) is 16.3. The monoisotopic (exact) mass is 296 g/mol. The summed E-state index contributed by atoms with van der Waals surface area (Å²) in [6.45, 7) is 8.50. The number of nitrogens with zero attached hydrogens (tertiary/aromatic N) is 1. The molecule has 0 aromatic heterocycles. The van der Waals surface area contributed by atoms with Crippen LogP contribution in [0.5, 0.6) is 0 Å². The van der Waals surface area contributed by atoms with Crippen molar-refractivity contribution in [1.82, 2.24) is 0 Å². The second-order valence-corrected chi connectivity index (χ2v) is 5.96. The van der Waals surface area contributed by atoms with Gasteiger partial charge in [0.1, 0.15) is 0 Å². The minimum absolute atomic E-state index is 0.000116. The van der Waals surface area contributed by atoms with E-state index in [1.54, 1.807) is 0 Å². The second kappa shape index (κ2) is 6.65. The molecule has 3 heteroatoms. The van der Waals surface area contributed by atoms with Crippen molar-refractivity contribution < 1.29 is 4.79 Å². The highest BCUT2D eigenvalue weighted by Gasteiger charge is 2.12. The molecule has 2 aromatic carbocycles. The molecule has 22 heavy (non-hydrogen) atoms. The molecule has 3 nitrogen and oxygen atoms in total. The zero-order valence-electron chi connectivity index (χ0n) is 14.0. The van der Waals surface area contributed by atoms with Crippen LogP contribution < -0.4 is 10.2 Å². The first kappa shape index (κ1) is 16.1. The number of amides is 1. The molecule has 0 spiro atoms. The third-order valence-corrected chi connectivity index (χ3v) is 3.89. The number of nitrogens with one attached hydrogen (secondary N) is 1. The number of aryl methyl sites for hydroxylation is 4. The van der Waals surface area contributed by atoms with Gasteiger partial charge in [0.15, 0.2) is 0 Å². The molecule has 1 amide bonds. The van der Waals surface area contributed by atoms with Gasteiger partial charge in [-0.15, -0.1) is 0 Å². The van der Waals surface area contributed by atoms with E-state index in [2.05, 4.69) is 37.4 Å². The van der Waals surface area contributed by atoms with Crippen molar-refractivity contribution in [3.8, 4) is 0 Å². The molecule has 0 unspecified atom stereocenters. The van der Waals surface area contributed by atoms with Crippen LogP contribution in [0.1, 0.15) is 22.3 Å². The van der Waals surface area contributed by atoms with Gasteiger partial charge in [-0.1, -0.05) is 35.9 Å². The first-order valence-electron chi connectivity index (χ1n) is 7.53. The van der Waals surface area contributed by atoms with E-state index >= 15 is 0 Å². The van der Waals surface area contributed by atoms with Crippen molar-refractivity contribution in [2.24, 2.45) is 0 Å². The van der Waals surface area contributed by atoms with Gasteiger partial charge in [0, 0.05) is 18.4 Å². The van der Waals surface area contributed by atoms with Gasteiger partial charge in [-0.05, 0) is 50.5 Å². The average Bonchev–Trinajstić information content (AvgIpc) is 2.42. The van der Waals surface area contributed by atoms with Crippen LogP contribution >= 0.6 is 0 Å². The van der Waals surface area contributed by atoms with Gasteiger partial charge in [-0.25, -0.2) is 0 Å². The van der Waals surface area contributed by atoms with Gasteiger partial charge >= 0.3 is 0 Å². The standard InChI is InChI=1S/C19H24N2O/c1-13-9-10-17(16(4)11-13)21(5)12-18(22)20-19-14(2)7-6-8-15(19)3/h6-11H,12H2,1-5H3,(H,20,22). The molecular formula is C19H24N2O. The summed E-state index contributed by atoms with van der Waals surface area (Å²) in [5, 5.41) is 3.03. The SMILES string of the molecule is Cc1ccc(N(C)CC(=O)Nc2c(C)cccc2C)c(C)c1. The lowest BCUT2D eigenvalue weighted by molar-refractivity contribution is -0.114. The highest BCUT2D eigenvalue weighted by atomic mass is 16.2. The normalized spacial score (nSPS) is 10.4. The largest absolute Gasteiger partial charge is 0.365 e. The summed E-state index contributed by atoms with van der Waals surface area (Å²) in [5.41, 5.74) is 6.59. The molecular weight excluding hydrogens is 272 g/mol. The van der Waals surface area contributed by atoms with Crippen LogP contribution in [0.3, 0.4) is 0 Å². The van der Waals surface area contributed by atoms with E-state index < -0.39 is 0 Å². The number of rotatable bonds is 4. The third-order valence-electron chi connectivity index (χ3n) is 3.89. The average molecular weight is 296 g/mol. The Hall–Kier alpha value is -2.29. The van der Waals surface area contributed by atoms with E-state index in [1.165, 1.54) is 11.1 Å². The summed E-state index contributed by atoms with van der Waals surface area (Å²) in [5.74, 6) is -0.000116. The van der Waals surface area contributed by atoms with Crippen molar-refractivity contribution in [2.45, 2.75) is 27.7 Å². The van der Waals surface area contributed by atoms with Crippen molar-refractivity contribution >= 4 is 17.3 Å². The fourth-order valence-electron chi connectivity index (χ4n) is 2.72. The number of para-hydroxylation sites is 1. The smallest absolute Gasteiger partial charge is 0.243 e. The summed E-state index contributed by atoms with van der Waals surface area (Å²) in [6.07, 6.45) is 0. The maximum atomic E-state index is 12.3. The van der Waals surface area contributed by atoms with E-state index in [1.807, 2.05) is 44.0 Å². The zero-order valence-corrected chi connectivity index (χ0v) is 14.0. The fourth-order valence-corrected chi connectivity index (χ4v) is 2.72. The lowest BCUT2D eigenvalue weighted by atomic mass is 10.1. The van der Waals surface area contributed by atoms with Crippen LogP contribution in [0.4, 0.5) is 11.4 Å². The van der Waals surface area contributed by atoms with Crippen LogP contribution in [0, 0.1) is 27.7 Å². The van der Waals surface area contributed by atoms with Crippen molar-refractivity contribution in [1.29, 1.82) is 0 Å². The minimum Gasteiger partial charge on any atom is -0.365 e. The Morgan fingerprint density at radius 3 is 2.23 bits per heavy atom. The molecule has 0 radical (unpaired) electrons. The van der Waals surface area contributed by atoms with E-state index in [4.69, 9.17) is 0 Å². The van der Waals surface area contributed by atoms with Crippen molar-refractivity contribution in [3.63, 3.8) is 0 Å². The number of carbonyl (C=O) groups is 1. The molecule has 2 rings (SSSR count). The number of hydrogen-bond acceptors (Lipinski definition) is 2. The summed E-state index contributed by atoms with van der Waals surface area (Å²) < 4.78 is 0. The van der Waals surface area contributed by atoms with Crippen molar-refractivity contribution in [3.05, 3.63) is 58.7 Å². The molecule has 0 fully saturated rings. The van der Waals surface area contributed by atoms with Gasteiger partial charge in [-0.2, -0.15) is 0 Å². The summed E-state index contributed by atoms with van der Waals surface area (Å²) in [7, 11) is 1.95. The Balaban J connectivity index is 2.08. The molecule has 1 N–H and O–H groups in total. The Bertz CT molecular complexity index is 672. The highest BCUT2D eigenvalue weighted by molar-refractivity contribution is 5.95. The lowest BCUT2D eigenvalue weighted by Gasteiger charge is -2.22. The number of carbonyl (C=O) groups excluding carboxylic acids is 1. The van der Waals surface area contributed by atoms with E-state index in [9.17, 15) is 4.79 Å². The molecule has 0 aliphatic rings. The van der Waals surface area contributed by atoms with Crippen LogP contribution in [0.15, 0.2) is 36.4 Å². The van der Waals surface area contributed by atoms with Crippen LogP contribution in [0.25, 0.3) is 0 Å². The molecule has 0 saturated carbocycles. The molecule has 0 aliphatic heterocycles. The molecule has 0 aliphatic carbocycles. The van der Waals surface area contributed by atoms with Gasteiger partial charge in [0.05, 0.1) is 6.54 Å². The summed E-state index contributed by atoms with van der Waals surface area (Å²) in [6, 6.07) is 12.3. The van der Waals surface area contributed by atoms with Crippen molar-refractivity contribution in [2.75, 3.05) is 23.8 Å². The van der Waals surface area contributed by atoms with E-state index in [0.29, 0.717) is 6.54 Å². The quantitative estimate of drug-likeness (QED) is 0.925. The third kappa shape index (κ3) is 3.67. The predicted octanol–water partition coefficient (Wildman–Crippen LogP) is 4.00. The molecule has 0 saturated heterocycles. The van der Waals surface area contributed by atoms with Gasteiger partial charge in [0.25, 0.3) is 0 Å². The topological polar surface area (TPSA) is 32.3 Å². The van der Waals surface area contributed by atoms with Gasteiger partial charge in [-0.3, -0.25) is 4.79 Å². The maximum Gasteiger partial charge on any atom is 0.243 e. The Kier molecular flexibility index (Phi) is 4.86.